The second kappa shape index (κ2) is 13.9. The molecule has 1 aromatic heterocycles. The maximum Gasteiger partial charge on any atom is 0.416 e. The van der Waals surface area contributed by atoms with Crippen LogP contribution < -0.4 is 21.7 Å². The lowest BCUT2D eigenvalue weighted by atomic mass is 10.0. The summed E-state index contributed by atoms with van der Waals surface area (Å²) in [7, 11) is 0. The number of alkyl halides is 3. The highest BCUT2D eigenvalue weighted by Gasteiger charge is 2.33. The lowest BCUT2D eigenvalue weighted by molar-refractivity contribution is -0.137. The van der Waals surface area contributed by atoms with Gasteiger partial charge in [-0.1, -0.05) is 32.0 Å². The second-order valence-electron chi connectivity index (χ2n) is 11.7. The minimum Gasteiger partial charge on any atom is -0.478 e. The zero-order valence-corrected chi connectivity index (χ0v) is 27.6. The molecule has 1 atom stereocenters. The van der Waals surface area contributed by atoms with E-state index in [1.54, 1.807) is 71.9 Å². The van der Waals surface area contributed by atoms with Crippen molar-refractivity contribution in [2.24, 2.45) is 5.73 Å². The quantitative estimate of drug-likeness (QED) is 0.111. The number of aromatic carboxylic acids is 1. The molecule has 3 amide bonds. The SMILES string of the molecule is CCN(CC)C(C(N)=O)n1c(C)c(C(=O)O)c(C)c1C=C1C(=O)Nc2cc(Nc3cccc(NC(=O)c4cccc(C(F)(F)F)c4)c3)ccc21. The number of carbonyl (C=O) groups excluding carboxylic acids is 3. The standard InChI is InChI=1S/C36H35F3N6O5/c1-5-44(6-2)34(31(40)46)45-20(4)30(35(49)50)19(3)29(45)18-27-26-14-13-25(17-28(26)43-33(27)48)41-23-11-8-12-24(16-23)42-32(47)21-9-7-10-22(15-21)36(37,38)39/h7-18,34,41H,5-6H2,1-4H3,(H2,40,46)(H,42,47)(H,43,48)(H,49,50). The number of carboxylic acid groups (broad SMARTS) is 1. The topological polar surface area (TPSA) is 159 Å². The summed E-state index contributed by atoms with van der Waals surface area (Å²) >= 11 is 0. The molecule has 11 nitrogen and oxygen atoms in total. The first-order valence-electron chi connectivity index (χ1n) is 15.7. The molecule has 4 aromatic rings. The van der Waals surface area contributed by atoms with E-state index in [0.717, 1.165) is 12.1 Å². The summed E-state index contributed by atoms with van der Waals surface area (Å²) in [6, 6.07) is 15.8. The average Bonchev–Trinajstić information content (AvgIpc) is 3.49. The van der Waals surface area contributed by atoms with Gasteiger partial charge >= 0.3 is 12.1 Å². The summed E-state index contributed by atoms with van der Waals surface area (Å²) in [6.07, 6.45) is -4.01. The predicted octanol–water partition coefficient (Wildman–Crippen LogP) is 6.64. The fraction of sp³-hybridized carbons (Fsp3) is 0.222. The molecular weight excluding hydrogens is 653 g/mol. The van der Waals surface area contributed by atoms with E-state index in [1.165, 1.54) is 12.1 Å². The van der Waals surface area contributed by atoms with E-state index in [0.29, 0.717) is 58.4 Å². The maximum atomic E-state index is 13.3. The largest absolute Gasteiger partial charge is 0.478 e. The number of halogens is 3. The first-order valence-corrected chi connectivity index (χ1v) is 15.7. The lowest BCUT2D eigenvalue weighted by Crippen LogP contribution is -2.42. The number of benzene rings is 3. The Morgan fingerprint density at radius 3 is 2.28 bits per heavy atom. The molecule has 260 valence electrons. The van der Waals surface area contributed by atoms with Crippen molar-refractivity contribution < 1.29 is 37.5 Å². The van der Waals surface area contributed by atoms with Gasteiger partial charge in [-0.2, -0.15) is 13.2 Å². The number of nitrogens with zero attached hydrogens (tertiary/aromatic N) is 2. The molecule has 0 saturated heterocycles. The molecule has 0 bridgehead atoms. The van der Waals surface area contributed by atoms with E-state index in [4.69, 9.17) is 5.73 Å². The van der Waals surface area contributed by atoms with Gasteiger partial charge in [-0.15, -0.1) is 0 Å². The molecule has 0 aliphatic carbocycles. The smallest absolute Gasteiger partial charge is 0.416 e. The number of amides is 3. The maximum absolute atomic E-state index is 13.3. The third-order valence-electron chi connectivity index (χ3n) is 8.56. The van der Waals surface area contributed by atoms with Gasteiger partial charge in [-0.25, -0.2) is 4.79 Å². The summed E-state index contributed by atoms with van der Waals surface area (Å²) in [4.78, 5) is 52.9. The Labute approximate surface area is 285 Å². The molecule has 1 unspecified atom stereocenters. The van der Waals surface area contributed by atoms with E-state index < -0.39 is 41.6 Å². The third-order valence-corrected chi connectivity index (χ3v) is 8.56. The summed E-state index contributed by atoms with van der Waals surface area (Å²) in [5, 5.41) is 18.7. The van der Waals surface area contributed by atoms with E-state index >= 15 is 0 Å². The molecule has 14 heteroatoms. The minimum absolute atomic E-state index is 0.0154. The monoisotopic (exact) mass is 688 g/mol. The molecule has 5 rings (SSSR count). The van der Waals surface area contributed by atoms with Gasteiger partial charge in [-0.3, -0.25) is 19.3 Å². The number of rotatable bonds is 11. The van der Waals surface area contributed by atoms with Gasteiger partial charge in [0.1, 0.15) is 0 Å². The average molecular weight is 689 g/mol. The highest BCUT2D eigenvalue weighted by Crippen LogP contribution is 2.38. The number of nitrogens with one attached hydrogen (secondary N) is 3. The number of anilines is 4. The van der Waals surface area contributed by atoms with Crippen LogP contribution in [0.15, 0.2) is 66.7 Å². The van der Waals surface area contributed by atoms with E-state index in [1.807, 2.05) is 13.8 Å². The first-order chi connectivity index (χ1) is 23.6. The van der Waals surface area contributed by atoms with E-state index in [2.05, 4.69) is 16.0 Å². The highest BCUT2D eigenvalue weighted by atomic mass is 19.4. The number of primary amides is 1. The van der Waals surface area contributed by atoms with Gasteiger partial charge in [0.05, 0.1) is 22.4 Å². The first kappa shape index (κ1) is 35.4. The predicted molar refractivity (Wildman–Crippen MR) is 184 cm³/mol. The van der Waals surface area contributed by atoms with Crippen LogP contribution in [0.1, 0.15) is 68.8 Å². The molecule has 6 N–H and O–H groups in total. The van der Waals surface area contributed by atoms with Crippen LogP contribution in [0.5, 0.6) is 0 Å². The van der Waals surface area contributed by atoms with Crippen LogP contribution in [-0.2, 0) is 15.8 Å². The van der Waals surface area contributed by atoms with Crippen LogP contribution in [-0.4, -0.2) is 51.4 Å². The summed E-state index contributed by atoms with van der Waals surface area (Å²) in [5.74, 6) is -2.99. The molecule has 3 aromatic carbocycles. The minimum atomic E-state index is -4.58. The molecule has 0 spiro atoms. The Morgan fingerprint density at radius 1 is 0.980 bits per heavy atom. The van der Waals surface area contributed by atoms with Gasteiger partial charge in [0, 0.05) is 39.6 Å². The summed E-state index contributed by atoms with van der Waals surface area (Å²) in [5.41, 5.74) is 8.58. The zero-order chi connectivity index (χ0) is 36.5. The number of hydrogen-bond acceptors (Lipinski definition) is 6. The van der Waals surface area contributed by atoms with E-state index in [9.17, 15) is 37.5 Å². The van der Waals surface area contributed by atoms with Gasteiger partial charge in [-0.05, 0) is 87.1 Å². The fourth-order valence-corrected chi connectivity index (χ4v) is 6.16. The fourth-order valence-electron chi connectivity index (χ4n) is 6.16. The van der Waals surface area contributed by atoms with Crippen molar-refractivity contribution in [3.05, 3.63) is 106 Å². The number of aromatic nitrogens is 1. The normalized spacial score (nSPS) is 14.0. The molecular formula is C36H35F3N6O5. The van der Waals surface area contributed by atoms with Crippen LogP contribution in [0, 0.1) is 13.8 Å². The number of likely N-dealkylation sites (N-methyl/N-ethyl adjacent to an activating group) is 1. The van der Waals surface area contributed by atoms with Gasteiger partial charge in [0.25, 0.3) is 17.7 Å². The number of carbonyl (C=O) groups is 4. The Bertz CT molecular complexity index is 2050. The van der Waals surface area contributed by atoms with Crippen molar-refractivity contribution in [1.82, 2.24) is 9.47 Å². The van der Waals surface area contributed by atoms with Crippen molar-refractivity contribution in [2.45, 2.75) is 40.0 Å². The van der Waals surface area contributed by atoms with Gasteiger partial charge < -0.3 is 31.4 Å². The van der Waals surface area contributed by atoms with Crippen LogP contribution >= 0.6 is 0 Å². The van der Waals surface area contributed by atoms with Crippen molar-refractivity contribution in [1.29, 1.82) is 0 Å². The molecule has 0 radical (unpaired) electrons. The zero-order valence-electron chi connectivity index (χ0n) is 27.6. The highest BCUT2D eigenvalue weighted by molar-refractivity contribution is 6.35. The van der Waals surface area contributed by atoms with Crippen molar-refractivity contribution in [2.75, 3.05) is 29.0 Å². The molecule has 2 heterocycles. The Kier molecular flexibility index (Phi) is 9.86. The van der Waals surface area contributed by atoms with Crippen LogP contribution in [0.25, 0.3) is 11.6 Å². The lowest BCUT2D eigenvalue weighted by Gasteiger charge is -2.30. The Balaban J connectivity index is 1.44. The van der Waals surface area contributed by atoms with Crippen molar-refractivity contribution in [3.63, 3.8) is 0 Å². The Hall–Kier alpha value is -5.89. The van der Waals surface area contributed by atoms with Gasteiger partial charge in [0.2, 0.25) is 0 Å². The van der Waals surface area contributed by atoms with Crippen LogP contribution in [0.3, 0.4) is 0 Å². The summed E-state index contributed by atoms with van der Waals surface area (Å²) in [6.45, 7) is 7.87. The van der Waals surface area contributed by atoms with Crippen molar-refractivity contribution in [3.8, 4) is 0 Å². The summed E-state index contributed by atoms with van der Waals surface area (Å²) < 4.78 is 40.9. The number of carboxylic acids is 1. The van der Waals surface area contributed by atoms with E-state index in [-0.39, 0.29) is 16.7 Å². The molecule has 1 aliphatic heterocycles. The molecule has 0 saturated carbocycles. The second-order valence-corrected chi connectivity index (χ2v) is 11.7. The van der Waals surface area contributed by atoms with Crippen molar-refractivity contribution >= 4 is 58.1 Å². The molecule has 1 aliphatic rings. The van der Waals surface area contributed by atoms with Crippen LogP contribution in [0.4, 0.5) is 35.9 Å². The molecule has 0 fully saturated rings. The number of fused-ring (bicyclic) bond motifs is 1. The Morgan fingerprint density at radius 2 is 1.64 bits per heavy atom. The van der Waals surface area contributed by atoms with Crippen LogP contribution in [0.2, 0.25) is 0 Å². The number of hydrogen-bond donors (Lipinski definition) is 5. The third kappa shape index (κ3) is 6.96. The molecule has 50 heavy (non-hydrogen) atoms. The number of nitrogens with two attached hydrogens (primary N) is 1. The van der Waals surface area contributed by atoms with Gasteiger partial charge in [0.15, 0.2) is 6.17 Å².